The summed E-state index contributed by atoms with van der Waals surface area (Å²) in [6, 6.07) is 8.77. The van der Waals surface area contributed by atoms with Crippen molar-refractivity contribution in [1.29, 1.82) is 0 Å². The number of carbonyl (C=O) groups excluding carboxylic acids is 1. The molecule has 0 fully saturated rings. The van der Waals surface area contributed by atoms with Gasteiger partial charge in [-0.25, -0.2) is 0 Å². The maximum atomic E-state index is 12.4. The number of alkyl halides is 2. The summed E-state index contributed by atoms with van der Waals surface area (Å²) in [6.07, 6.45) is 2.49. The minimum Gasteiger partial charge on any atom is -0.496 e. The molecule has 28 heavy (non-hydrogen) atoms. The van der Waals surface area contributed by atoms with E-state index in [0.29, 0.717) is 16.9 Å². The maximum absolute atomic E-state index is 12.4. The van der Waals surface area contributed by atoms with Crippen LogP contribution < -0.4 is 14.2 Å². The first-order valence-electron chi connectivity index (χ1n) is 8.08. The summed E-state index contributed by atoms with van der Waals surface area (Å²) >= 11 is 0. The molecule has 0 aliphatic rings. The van der Waals surface area contributed by atoms with Gasteiger partial charge < -0.3 is 19.3 Å². The zero-order valence-corrected chi connectivity index (χ0v) is 15.1. The van der Waals surface area contributed by atoms with Gasteiger partial charge in [-0.3, -0.25) is 9.59 Å². The zero-order chi connectivity index (χ0) is 20.7. The first-order chi connectivity index (χ1) is 13.3. The number of ketones is 1. The van der Waals surface area contributed by atoms with Gasteiger partial charge >= 0.3 is 12.6 Å². The third-order valence-corrected chi connectivity index (χ3v) is 3.74. The molecule has 0 heterocycles. The third kappa shape index (κ3) is 5.54. The van der Waals surface area contributed by atoms with Crippen molar-refractivity contribution in [3.63, 3.8) is 0 Å². The van der Waals surface area contributed by atoms with Crippen LogP contribution in [0.2, 0.25) is 0 Å². The molecule has 2 aromatic carbocycles. The number of hydrogen-bond acceptors (Lipinski definition) is 5. The van der Waals surface area contributed by atoms with Crippen LogP contribution in [0.3, 0.4) is 0 Å². The Bertz CT molecular complexity index is 892. The number of allylic oxidation sites excluding steroid dienone is 1. The number of benzene rings is 2. The van der Waals surface area contributed by atoms with Gasteiger partial charge in [0.25, 0.3) is 0 Å². The molecular weight excluding hydrogens is 374 g/mol. The number of rotatable bonds is 9. The number of carboxylic acids is 1. The number of hydrogen-bond donors (Lipinski definition) is 1. The highest BCUT2D eigenvalue weighted by Crippen LogP contribution is 2.30. The predicted octanol–water partition coefficient (Wildman–Crippen LogP) is 3.83. The molecule has 2 aromatic rings. The maximum Gasteiger partial charge on any atom is 0.387 e. The van der Waals surface area contributed by atoms with Crippen LogP contribution in [-0.2, 0) is 11.2 Å². The molecule has 0 bridgehead atoms. The Kier molecular flexibility index (Phi) is 7.08. The highest BCUT2D eigenvalue weighted by atomic mass is 19.3. The van der Waals surface area contributed by atoms with Gasteiger partial charge in [-0.2, -0.15) is 8.78 Å². The number of ether oxygens (including phenoxy) is 3. The van der Waals surface area contributed by atoms with Crippen molar-refractivity contribution < 1.29 is 37.7 Å². The molecule has 6 nitrogen and oxygen atoms in total. The fraction of sp³-hybridized carbons (Fsp3) is 0.200. The van der Waals surface area contributed by atoms with Gasteiger partial charge in [-0.1, -0.05) is 12.1 Å². The van der Waals surface area contributed by atoms with E-state index >= 15 is 0 Å². The summed E-state index contributed by atoms with van der Waals surface area (Å²) in [5, 5.41) is 8.97. The second-order valence-corrected chi connectivity index (χ2v) is 5.58. The van der Waals surface area contributed by atoms with E-state index in [9.17, 15) is 18.4 Å². The SMILES string of the molecule is COc1ccc(C(=O)/C=C/c2ccc(OC(F)F)c(OC)c2)cc1CC(=O)O. The average Bonchev–Trinajstić information content (AvgIpc) is 2.66. The van der Waals surface area contributed by atoms with Crippen molar-refractivity contribution in [3.05, 3.63) is 59.2 Å². The molecule has 1 N–H and O–H groups in total. The standard InChI is InChI=1S/C20H18F2O6/c1-26-16-8-5-13(10-14(16)11-19(24)25)15(23)6-3-12-4-7-17(28-20(21)22)18(9-12)27-2/h3-10,20H,11H2,1-2H3,(H,24,25)/b6-3+. The highest BCUT2D eigenvalue weighted by molar-refractivity contribution is 6.07. The van der Waals surface area contributed by atoms with Gasteiger partial charge in [-0.15, -0.1) is 0 Å². The van der Waals surface area contributed by atoms with Crippen molar-refractivity contribution >= 4 is 17.8 Å². The fourth-order valence-corrected chi connectivity index (χ4v) is 2.48. The second kappa shape index (κ2) is 9.50. The molecule has 0 saturated heterocycles. The van der Waals surface area contributed by atoms with E-state index in [1.807, 2.05) is 0 Å². The van der Waals surface area contributed by atoms with Crippen LogP contribution in [-0.4, -0.2) is 37.7 Å². The summed E-state index contributed by atoms with van der Waals surface area (Å²) < 4.78 is 39.2. The van der Waals surface area contributed by atoms with Crippen LogP contribution in [0.1, 0.15) is 21.5 Å². The summed E-state index contributed by atoms with van der Waals surface area (Å²) in [7, 11) is 2.73. The zero-order valence-electron chi connectivity index (χ0n) is 15.1. The van der Waals surface area contributed by atoms with E-state index in [1.54, 1.807) is 0 Å². The van der Waals surface area contributed by atoms with Crippen LogP contribution in [0.4, 0.5) is 8.78 Å². The van der Waals surface area contributed by atoms with Gasteiger partial charge in [0.15, 0.2) is 17.3 Å². The Morgan fingerprint density at radius 3 is 2.32 bits per heavy atom. The molecule has 0 amide bonds. The van der Waals surface area contributed by atoms with Crippen molar-refractivity contribution in [3.8, 4) is 17.2 Å². The van der Waals surface area contributed by atoms with Crippen LogP contribution in [0.15, 0.2) is 42.5 Å². The Labute approximate surface area is 160 Å². The van der Waals surface area contributed by atoms with Crippen molar-refractivity contribution in [2.45, 2.75) is 13.0 Å². The quantitative estimate of drug-likeness (QED) is 0.516. The number of aliphatic carboxylic acids is 1. The summed E-state index contributed by atoms with van der Waals surface area (Å²) in [5.74, 6) is -1.04. The molecule has 0 saturated carbocycles. The van der Waals surface area contributed by atoms with Crippen molar-refractivity contribution in [2.24, 2.45) is 0 Å². The first kappa shape index (κ1) is 20.9. The molecule has 0 aliphatic heterocycles. The molecule has 0 spiro atoms. The molecule has 148 valence electrons. The predicted molar refractivity (Wildman–Crippen MR) is 97.3 cm³/mol. The van der Waals surface area contributed by atoms with Crippen LogP contribution in [0.25, 0.3) is 6.08 Å². The first-order valence-corrected chi connectivity index (χ1v) is 8.08. The lowest BCUT2D eigenvalue weighted by atomic mass is 10.0. The molecule has 2 rings (SSSR count). The molecule has 0 aliphatic carbocycles. The fourth-order valence-electron chi connectivity index (χ4n) is 2.48. The van der Waals surface area contributed by atoms with Crippen LogP contribution in [0.5, 0.6) is 17.2 Å². The van der Waals surface area contributed by atoms with Gasteiger partial charge in [0, 0.05) is 11.1 Å². The van der Waals surface area contributed by atoms with E-state index in [0.717, 1.165) is 0 Å². The lowest BCUT2D eigenvalue weighted by Gasteiger charge is -2.10. The number of carbonyl (C=O) groups is 2. The summed E-state index contributed by atoms with van der Waals surface area (Å²) in [5.41, 5.74) is 1.20. The average molecular weight is 392 g/mol. The van der Waals surface area contributed by atoms with E-state index in [-0.39, 0.29) is 29.3 Å². The van der Waals surface area contributed by atoms with Gasteiger partial charge in [-0.05, 0) is 42.0 Å². The minimum absolute atomic E-state index is 0.100. The van der Waals surface area contributed by atoms with Crippen molar-refractivity contribution in [2.75, 3.05) is 14.2 Å². The second-order valence-electron chi connectivity index (χ2n) is 5.58. The number of halogens is 2. The highest BCUT2D eigenvalue weighted by Gasteiger charge is 2.12. The smallest absolute Gasteiger partial charge is 0.387 e. The van der Waals surface area contributed by atoms with E-state index in [4.69, 9.17) is 14.6 Å². The van der Waals surface area contributed by atoms with E-state index < -0.39 is 12.6 Å². The monoisotopic (exact) mass is 392 g/mol. The molecular formula is C20H18F2O6. The molecule has 0 atom stereocenters. The third-order valence-electron chi connectivity index (χ3n) is 3.74. The topological polar surface area (TPSA) is 82.1 Å². The molecule has 0 radical (unpaired) electrons. The molecule has 8 heteroatoms. The van der Waals surface area contributed by atoms with Crippen LogP contribution >= 0.6 is 0 Å². The Hall–Kier alpha value is -3.42. The van der Waals surface area contributed by atoms with E-state index in [1.165, 1.54) is 62.8 Å². The van der Waals surface area contributed by atoms with Gasteiger partial charge in [0.2, 0.25) is 0 Å². The van der Waals surface area contributed by atoms with Gasteiger partial charge in [0.05, 0.1) is 20.6 Å². The van der Waals surface area contributed by atoms with E-state index in [2.05, 4.69) is 4.74 Å². The Balaban J connectivity index is 2.22. The Morgan fingerprint density at radius 2 is 1.71 bits per heavy atom. The summed E-state index contributed by atoms with van der Waals surface area (Å²) in [4.78, 5) is 23.4. The largest absolute Gasteiger partial charge is 0.496 e. The lowest BCUT2D eigenvalue weighted by Crippen LogP contribution is -2.04. The van der Waals surface area contributed by atoms with Gasteiger partial charge in [0.1, 0.15) is 5.75 Å². The minimum atomic E-state index is -2.98. The number of carboxylic acid groups (broad SMARTS) is 1. The molecule has 0 unspecified atom stereocenters. The van der Waals surface area contributed by atoms with Crippen molar-refractivity contribution in [1.82, 2.24) is 0 Å². The number of methoxy groups -OCH3 is 2. The van der Waals surface area contributed by atoms with Crippen LogP contribution in [0, 0.1) is 0 Å². The summed E-state index contributed by atoms with van der Waals surface area (Å²) in [6.45, 7) is -2.98. The lowest BCUT2D eigenvalue weighted by molar-refractivity contribution is -0.136. The normalized spacial score (nSPS) is 10.9. The Morgan fingerprint density at radius 1 is 1.04 bits per heavy atom. The molecule has 0 aromatic heterocycles.